The molecule has 2 aliphatic rings. The molecule has 2 amide bonds. The van der Waals surface area contributed by atoms with Crippen molar-refractivity contribution in [2.75, 3.05) is 39.4 Å². The van der Waals surface area contributed by atoms with Gasteiger partial charge in [0.1, 0.15) is 12.6 Å². The minimum absolute atomic E-state index is 0.0313. The van der Waals surface area contributed by atoms with Crippen LogP contribution in [0.2, 0.25) is 0 Å². The Bertz CT molecular complexity index is 602. The molecule has 8 nitrogen and oxygen atoms in total. The highest BCUT2D eigenvalue weighted by molar-refractivity contribution is 5.90. The van der Waals surface area contributed by atoms with Gasteiger partial charge in [-0.05, 0) is 43.4 Å². The molecule has 178 valence electrons. The summed E-state index contributed by atoms with van der Waals surface area (Å²) in [5, 5.41) is 12.1. The topological polar surface area (TPSA) is 99.2 Å². The van der Waals surface area contributed by atoms with Gasteiger partial charge in [0.25, 0.3) is 0 Å². The smallest absolute Gasteiger partial charge is 0.306 e. The zero-order valence-corrected chi connectivity index (χ0v) is 19.6. The van der Waals surface area contributed by atoms with Gasteiger partial charge in [-0.15, -0.1) is 0 Å². The minimum atomic E-state index is -0.421. The number of amides is 2. The summed E-state index contributed by atoms with van der Waals surface area (Å²) in [6, 6.07) is -0.637. The van der Waals surface area contributed by atoms with Gasteiger partial charge in [0.05, 0.1) is 12.6 Å². The van der Waals surface area contributed by atoms with Gasteiger partial charge in [-0.25, -0.2) is 0 Å². The predicted molar refractivity (Wildman–Crippen MR) is 118 cm³/mol. The Hall–Kier alpha value is -1.67. The Morgan fingerprint density at radius 1 is 1.13 bits per heavy atom. The Kier molecular flexibility index (Phi) is 10.2. The number of hydrogen-bond acceptors (Lipinski definition) is 6. The fraction of sp³-hybridized carbons (Fsp3) is 0.870. The number of piperidine rings is 1. The summed E-state index contributed by atoms with van der Waals surface area (Å²) < 4.78 is 4.96. The van der Waals surface area contributed by atoms with Gasteiger partial charge >= 0.3 is 5.97 Å². The fourth-order valence-corrected chi connectivity index (χ4v) is 4.55. The second-order valence-corrected chi connectivity index (χ2v) is 9.73. The first-order valence-corrected chi connectivity index (χ1v) is 11.8. The second kappa shape index (κ2) is 12.4. The molecule has 0 radical (unpaired) electrons. The Labute approximate surface area is 186 Å². The van der Waals surface area contributed by atoms with E-state index in [0.29, 0.717) is 50.9 Å². The molecule has 0 saturated carbocycles. The quantitative estimate of drug-likeness (QED) is 0.500. The van der Waals surface area contributed by atoms with Crippen molar-refractivity contribution in [3.63, 3.8) is 0 Å². The van der Waals surface area contributed by atoms with E-state index < -0.39 is 6.04 Å². The van der Waals surface area contributed by atoms with Crippen molar-refractivity contribution < 1.29 is 24.2 Å². The Morgan fingerprint density at radius 2 is 1.81 bits per heavy atom. The van der Waals surface area contributed by atoms with E-state index in [2.05, 4.69) is 33.0 Å². The van der Waals surface area contributed by atoms with E-state index in [9.17, 15) is 14.4 Å². The molecule has 0 aromatic rings. The number of aliphatic hydroxyl groups excluding tert-OH is 1. The zero-order chi connectivity index (χ0) is 23.0. The second-order valence-electron chi connectivity index (χ2n) is 9.73. The number of carbonyl (C=O) groups is 3. The van der Waals surface area contributed by atoms with E-state index in [1.165, 1.54) is 0 Å². The molecule has 0 aromatic heterocycles. The third-order valence-corrected chi connectivity index (χ3v) is 6.12. The molecule has 8 heteroatoms. The van der Waals surface area contributed by atoms with Crippen LogP contribution in [-0.2, 0) is 19.1 Å². The highest BCUT2D eigenvalue weighted by Crippen LogP contribution is 2.25. The molecule has 2 unspecified atom stereocenters. The van der Waals surface area contributed by atoms with Gasteiger partial charge in [-0.2, -0.15) is 0 Å². The average molecular weight is 440 g/mol. The first-order valence-electron chi connectivity index (χ1n) is 11.8. The minimum Gasteiger partial charge on any atom is -0.463 e. The lowest BCUT2D eigenvalue weighted by molar-refractivity contribution is -0.151. The molecule has 2 N–H and O–H groups in total. The van der Waals surface area contributed by atoms with E-state index >= 15 is 0 Å². The van der Waals surface area contributed by atoms with E-state index in [1.54, 1.807) is 0 Å². The van der Waals surface area contributed by atoms with Gasteiger partial charge in [-0.3, -0.25) is 14.4 Å². The van der Waals surface area contributed by atoms with Crippen LogP contribution in [0.5, 0.6) is 0 Å². The predicted octanol–water partition coefficient (Wildman–Crippen LogP) is 1.41. The Balaban J connectivity index is 1.99. The van der Waals surface area contributed by atoms with Crippen LogP contribution in [0.4, 0.5) is 0 Å². The van der Waals surface area contributed by atoms with Crippen LogP contribution >= 0.6 is 0 Å². The molecule has 2 atom stereocenters. The van der Waals surface area contributed by atoms with Crippen molar-refractivity contribution in [1.29, 1.82) is 0 Å². The lowest BCUT2D eigenvalue weighted by Crippen LogP contribution is -2.62. The molecule has 2 saturated heterocycles. The third-order valence-electron chi connectivity index (χ3n) is 6.12. The number of ether oxygens (including phenoxy) is 1. The highest BCUT2D eigenvalue weighted by atomic mass is 16.5. The van der Waals surface area contributed by atoms with E-state index in [-0.39, 0.29) is 43.0 Å². The van der Waals surface area contributed by atoms with Gasteiger partial charge in [-0.1, -0.05) is 27.7 Å². The standard InChI is InChI=1S/C23H41N3O5/c1-16(2)13-19-22(29)26(10-7-24-19)20(14-17(3)4)23(30)25-8-5-18(6-9-25)15-21(28)31-12-11-27/h16-20,24,27H,5-15H2,1-4H3. The Morgan fingerprint density at radius 3 is 2.39 bits per heavy atom. The summed E-state index contributed by atoms with van der Waals surface area (Å²) in [4.78, 5) is 42.1. The van der Waals surface area contributed by atoms with Crippen molar-refractivity contribution in [2.24, 2.45) is 17.8 Å². The summed E-state index contributed by atoms with van der Waals surface area (Å²) in [6.07, 6.45) is 3.26. The van der Waals surface area contributed by atoms with Gasteiger partial charge < -0.3 is 25.0 Å². The molecular formula is C23H41N3O5. The number of likely N-dealkylation sites (tertiary alicyclic amines) is 1. The molecule has 2 fully saturated rings. The number of nitrogens with one attached hydrogen (secondary N) is 1. The largest absolute Gasteiger partial charge is 0.463 e. The monoisotopic (exact) mass is 439 g/mol. The summed E-state index contributed by atoms with van der Waals surface area (Å²) in [6.45, 7) is 10.7. The van der Waals surface area contributed by atoms with Crippen LogP contribution in [-0.4, -0.2) is 84.2 Å². The molecule has 2 aliphatic heterocycles. The molecule has 0 aromatic carbocycles. The molecule has 2 rings (SSSR count). The molecular weight excluding hydrogens is 398 g/mol. The number of nitrogens with zero attached hydrogens (tertiary/aromatic N) is 2. The van der Waals surface area contributed by atoms with Gasteiger partial charge in [0.2, 0.25) is 11.8 Å². The van der Waals surface area contributed by atoms with Crippen molar-refractivity contribution >= 4 is 17.8 Å². The van der Waals surface area contributed by atoms with Crippen LogP contribution in [0, 0.1) is 17.8 Å². The first kappa shape index (κ1) is 25.6. The van der Waals surface area contributed by atoms with Crippen molar-refractivity contribution in [1.82, 2.24) is 15.1 Å². The van der Waals surface area contributed by atoms with Gasteiger partial charge in [0.15, 0.2) is 0 Å². The van der Waals surface area contributed by atoms with Crippen molar-refractivity contribution in [3.8, 4) is 0 Å². The molecule has 0 spiro atoms. The summed E-state index contributed by atoms with van der Waals surface area (Å²) in [5.74, 6) is 0.686. The SMILES string of the molecule is CC(C)CC1NCCN(C(CC(C)C)C(=O)N2CCC(CC(=O)OCCO)CC2)C1=O. The van der Waals surface area contributed by atoms with Crippen molar-refractivity contribution in [2.45, 2.75) is 71.9 Å². The third kappa shape index (κ3) is 7.75. The van der Waals surface area contributed by atoms with Crippen molar-refractivity contribution in [3.05, 3.63) is 0 Å². The van der Waals surface area contributed by atoms with Crippen LogP contribution in [0.3, 0.4) is 0 Å². The highest BCUT2D eigenvalue weighted by Gasteiger charge is 2.39. The zero-order valence-electron chi connectivity index (χ0n) is 19.6. The number of esters is 1. The molecule has 31 heavy (non-hydrogen) atoms. The van der Waals surface area contributed by atoms with E-state index in [4.69, 9.17) is 9.84 Å². The van der Waals surface area contributed by atoms with Crippen LogP contribution < -0.4 is 5.32 Å². The maximum absolute atomic E-state index is 13.5. The summed E-state index contributed by atoms with van der Waals surface area (Å²) >= 11 is 0. The number of hydrogen-bond donors (Lipinski definition) is 2. The normalized spacial score (nSPS) is 21.6. The van der Waals surface area contributed by atoms with Crippen LogP contribution in [0.15, 0.2) is 0 Å². The molecule has 2 heterocycles. The first-order chi connectivity index (χ1) is 14.7. The van der Waals surface area contributed by atoms with E-state index in [0.717, 1.165) is 19.3 Å². The number of piperazine rings is 1. The molecule has 0 bridgehead atoms. The summed E-state index contributed by atoms with van der Waals surface area (Å²) in [7, 11) is 0. The lowest BCUT2D eigenvalue weighted by atomic mass is 9.92. The summed E-state index contributed by atoms with van der Waals surface area (Å²) in [5.41, 5.74) is 0. The maximum Gasteiger partial charge on any atom is 0.306 e. The fourth-order valence-electron chi connectivity index (χ4n) is 4.55. The van der Waals surface area contributed by atoms with E-state index in [1.807, 2.05) is 9.80 Å². The maximum atomic E-state index is 13.5. The number of aliphatic hydroxyl groups is 1. The van der Waals surface area contributed by atoms with Gasteiger partial charge in [0, 0.05) is 32.6 Å². The molecule has 0 aliphatic carbocycles. The van der Waals surface area contributed by atoms with Crippen LogP contribution in [0.1, 0.15) is 59.8 Å². The number of rotatable bonds is 10. The number of carbonyl (C=O) groups excluding carboxylic acids is 3. The average Bonchev–Trinajstić information content (AvgIpc) is 2.72. The van der Waals surface area contributed by atoms with Crippen LogP contribution in [0.25, 0.3) is 0 Å². The lowest BCUT2D eigenvalue weighted by Gasteiger charge is -2.42.